The lowest BCUT2D eigenvalue weighted by Gasteiger charge is -2.16. The van der Waals surface area contributed by atoms with Gasteiger partial charge in [0, 0.05) is 18.0 Å². The molecular formula is C14H21N3O2. The Hall–Kier alpha value is -1.62. The van der Waals surface area contributed by atoms with Gasteiger partial charge in [-0.1, -0.05) is 12.1 Å². The fourth-order valence-electron chi connectivity index (χ4n) is 2.20. The van der Waals surface area contributed by atoms with E-state index in [1.54, 1.807) is 0 Å². The fourth-order valence-corrected chi connectivity index (χ4v) is 2.20. The second-order valence-electron chi connectivity index (χ2n) is 4.88. The Labute approximate surface area is 113 Å². The van der Waals surface area contributed by atoms with E-state index < -0.39 is 0 Å². The van der Waals surface area contributed by atoms with Gasteiger partial charge in [-0.05, 0) is 33.8 Å². The number of hydrogen-bond donors (Lipinski definition) is 1. The molecule has 0 aliphatic carbocycles. The number of furan rings is 1. The molecule has 0 spiro atoms. The molecule has 2 heterocycles. The van der Waals surface area contributed by atoms with E-state index in [1.807, 2.05) is 27.7 Å². The van der Waals surface area contributed by atoms with E-state index in [4.69, 9.17) is 8.94 Å². The van der Waals surface area contributed by atoms with Crippen molar-refractivity contribution >= 4 is 0 Å². The van der Waals surface area contributed by atoms with Gasteiger partial charge in [0.2, 0.25) is 5.89 Å². The van der Waals surface area contributed by atoms with Gasteiger partial charge in [-0.25, -0.2) is 0 Å². The molecule has 0 aromatic carbocycles. The van der Waals surface area contributed by atoms with Gasteiger partial charge in [0.1, 0.15) is 11.5 Å². The lowest BCUT2D eigenvalue weighted by atomic mass is 10.1. The minimum absolute atomic E-state index is 0.0115. The molecular weight excluding hydrogens is 242 g/mol. The van der Waals surface area contributed by atoms with Gasteiger partial charge in [0.05, 0.1) is 6.04 Å². The maximum Gasteiger partial charge on any atom is 0.243 e. The summed E-state index contributed by atoms with van der Waals surface area (Å²) in [6.07, 6.45) is 0.784. The second kappa shape index (κ2) is 5.57. The van der Waals surface area contributed by atoms with Crippen LogP contribution in [0.1, 0.15) is 61.7 Å². The highest BCUT2D eigenvalue weighted by atomic mass is 16.5. The number of hydrogen-bond acceptors (Lipinski definition) is 5. The summed E-state index contributed by atoms with van der Waals surface area (Å²) in [4.78, 5) is 4.34. The number of aromatic nitrogens is 2. The van der Waals surface area contributed by atoms with Gasteiger partial charge in [-0.3, -0.25) is 5.32 Å². The molecule has 2 aromatic rings. The Morgan fingerprint density at radius 1 is 1.26 bits per heavy atom. The van der Waals surface area contributed by atoms with Crippen molar-refractivity contribution in [3.63, 3.8) is 0 Å². The first-order chi connectivity index (χ1) is 9.01. The highest BCUT2D eigenvalue weighted by Crippen LogP contribution is 2.23. The van der Waals surface area contributed by atoms with Gasteiger partial charge in [-0.2, -0.15) is 4.98 Å². The Morgan fingerprint density at radius 2 is 2.00 bits per heavy atom. The predicted molar refractivity (Wildman–Crippen MR) is 71.8 cm³/mol. The van der Waals surface area contributed by atoms with Crippen molar-refractivity contribution in [3.05, 3.63) is 34.9 Å². The molecule has 5 heteroatoms. The summed E-state index contributed by atoms with van der Waals surface area (Å²) in [6, 6.07) is 2.24. The Bertz CT molecular complexity index is 545. The summed E-state index contributed by atoms with van der Waals surface area (Å²) in [7, 11) is 0. The van der Waals surface area contributed by atoms with Crippen molar-refractivity contribution in [1.82, 2.24) is 15.5 Å². The lowest BCUT2D eigenvalue weighted by Crippen LogP contribution is -2.23. The van der Waals surface area contributed by atoms with Crippen molar-refractivity contribution < 1.29 is 8.94 Å². The molecule has 0 amide bonds. The zero-order valence-corrected chi connectivity index (χ0v) is 12.2. The van der Waals surface area contributed by atoms with E-state index in [1.165, 1.54) is 5.56 Å². The second-order valence-corrected chi connectivity index (χ2v) is 4.88. The summed E-state index contributed by atoms with van der Waals surface area (Å²) >= 11 is 0. The third-order valence-corrected chi connectivity index (χ3v) is 3.22. The van der Waals surface area contributed by atoms with E-state index in [0.717, 1.165) is 23.8 Å². The molecule has 2 atom stereocenters. The standard InChI is InChI=1S/C14H21N3O2/c1-6-13-16-14(19-17-13)10(4)15-9(3)12-7-8(2)18-11(12)5/h7,9-10,15H,6H2,1-5H3/t9-,10-/m1/s1. The van der Waals surface area contributed by atoms with Crippen molar-refractivity contribution in [1.29, 1.82) is 0 Å². The van der Waals surface area contributed by atoms with Gasteiger partial charge < -0.3 is 8.94 Å². The van der Waals surface area contributed by atoms with Crippen LogP contribution in [-0.2, 0) is 6.42 Å². The Balaban J connectivity index is 2.06. The number of rotatable bonds is 5. The van der Waals surface area contributed by atoms with E-state index in [-0.39, 0.29) is 12.1 Å². The van der Waals surface area contributed by atoms with Crippen LogP contribution in [0, 0.1) is 13.8 Å². The lowest BCUT2D eigenvalue weighted by molar-refractivity contribution is 0.324. The van der Waals surface area contributed by atoms with Crippen LogP contribution in [0.4, 0.5) is 0 Å². The molecule has 5 nitrogen and oxygen atoms in total. The third kappa shape index (κ3) is 3.04. The first kappa shape index (κ1) is 13.8. The Morgan fingerprint density at radius 3 is 2.53 bits per heavy atom. The normalized spacial score (nSPS) is 14.6. The van der Waals surface area contributed by atoms with Gasteiger partial charge in [-0.15, -0.1) is 0 Å². The summed E-state index contributed by atoms with van der Waals surface area (Å²) in [5, 5.41) is 7.36. The van der Waals surface area contributed by atoms with Crippen LogP contribution in [-0.4, -0.2) is 10.1 Å². The van der Waals surface area contributed by atoms with Crippen LogP contribution >= 0.6 is 0 Å². The first-order valence-electron chi connectivity index (χ1n) is 6.66. The number of aryl methyl sites for hydroxylation is 3. The fraction of sp³-hybridized carbons (Fsp3) is 0.571. The van der Waals surface area contributed by atoms with Gasteiger partial charge in [0.15, 0.2) is 5.82 Å². The van der Waals surface area contributed by atoms with Crippen molar-refractivity contribution in [3.8, 4) is 0 Å². The maximum absolute atomic E-state index is 5.55. The molecule has 0 radical (unpaired) electrons. The molecule has 1 N–H and O–H groups in total. The van der Waals surface area contributed by atoms with E-state index in [0.29, 0.717) is 5.89 Å². The summed E-state index contributed by atoms with van der Waals surface area (Å²) in [5.41, 5.74) is 1.17. The van der Waals surface area contributed by atoms with Gasteiger partial charge >= 0.3 is 0 Å². The highest BCUT2D eigenvalue weighted by Gasteiger charge is 2.19. The van der Waals surface area contributed by atoms with Crippen LogP contribution in [0.25, 0.3) is 0 Å². The third-order valence-electron chi connectivity index (χ3n) is 3.22. The monoisotopic (exact) mass is 263 g/mol. The van der Waals surface area contributed by atoms with Crippen LogP contribution in [0.5, 0.6) is 0 Å². The molecule has 2 aromatic heterocycles. The maximum atomic E-state index is 5.55. The van der Waals surface area contributed by atoms with Crippen LogP contribution in [0.2, 0.25) is 0 Å². The zero-order chi connectivity index (χ0) is 14.0. The molecule has 19 heavy (non-hydrogen) atoms. The van der Waals surface area contributed by atoms with Crippen molar-refractivity contribution in [2.45, 2.75) is 53.1 Å². The zero-order valence-electron chi connectivity index (χ0n) is 12.2. The molecule has 0 bridgehead atoms. The average molecular weight is 263 g/mol. The Kier molecular flexibility index (Phi) is 4.04. The molecule has 0 aliphatic heterocycles. The molecule has 0 saturated carbocycles. The highest BCUT2D eigenvalue weighted by molar-refractivity contribution is 5.23. The summed E-state index contributed by atoms with van der Waals surface area (Å²) in [6.45, 7) is 10.1. The molecule has 2 rings (SSSR count). The number of nitrogens with one attached hydrogen (secondary N) is 1. The van der Waals surface area contributed by atoms with Crippen molar-refractivity contribution in [2.75, 3.05) is 0 Å². The average Bonchev–Trinajstić information content (AvgIpc) is 2.95. The summed E-state index contributed by atoms with van der Waals surface area (Å²) in [5.74, 6) is 3.25. The molecule has 0 aliphatic rings. The minimum Gasteiger partial charge on any atom is -0.466 e. The van der Waals surface area contributed by atoms with E-state index in [9.17, 15) is 0 Å². The number of nitrogens with zero attached hydrogens (tertiary/aromatic N) is 2. The van der Waals surface area contributed by atoms with Crippen LogP contribution < -0.4 is 5.32 Å². The van der Waals surface area contributed by atoms with Gasteiger partial charge in [0.25, 0.3) is 0 Å². The molecule has 0 unspecified atom stereocenters. The van der Waals surface area contributed by atoms with Crippen molar-refractivity contribution in [2.24, 2.45) is 0 Å². The predicted octanol–water partition coefficient (Wildman–Crippen LogP) is 3.25. The summed E-state index contributed by atoms with van der Waals surface area (Å²) < 4.78 is 10.8. The topological polar surface area (TPSA) is 64.1 Å². The van der Waals surface area contributed by atoms with Crippen LogP contribution in [0.15, 0.2) is 15.0 Å². The van der Waals surface area contributed by atoms with E-state index >= 15 is 0 Å². The first-order valence-corrected chi connectivity index (χ1v) is 6.66. The molecule has 0 saturated heterocycles. The molecule has 104 valence electrons. The smallest absolute Gasteiger partial charge is 0.243 e. The molecule has 0 fully saturated rings. The minimum atomic E-state index is 0.0115. The SMILES string of the molecule is CCc1noc([C@@H](C)N[C@H](C)c2cc(C)oc2C)n1. The van der Waals surface area contributed by atoms with E-state index in [2.05, 4.69) is 28.4 Å². The van der Waals surface area contributed by atoms with Crippen LogP contribution in [0.3, 0.4) is 0 Å². The largest absolute Gasteiger partial charge is 0.466 e. The quantitative estimate of drug-likeness (QED) is 0.897.